The first-order valence-electron chi connectivity index (χ1n) is 10.8. The summed E-state index contributed by atoms with van der Waals surface area (Å²) in [6.07, 6.45) is 2.04. The van der Waals surface area contributed by atoms with Crippen LogP contribution in [-0.4, -0.2) is 45.7 Å². The third kappa shape index (κ3) is 4.61. The Labute approximate surface area is 190 Å². The molecule has 0 aliphatic heterocycles. The molecular weight excluding hydrogens is 432 g/mol. The molecular formula is C23H28F2N5O3+. The number of halogens is 2. The van der Waals surface area contributed by atoms with E-state index in [0.29, 0.717) is 24.2 Å². The van der Waals surface area contributed by atoms with Crippen molar-refractivity contribution < 1.29 is 28.6 Å². The van der Waals surface area contributed by atoms with Gasteiger partial charge >= 0.3 is 23.7 Å². The molecule has 33 heavy (non-hydrogen) atoms. The van der Waals surface area contributed by atoms with Gasteiger partial charge in [-0.1, -0.05) is 0 Å². The molecule has 1 amide bonds. The maximum Gasteiger partial charge on any atom is 0.325 e. The molecule has 1 fully saturated rings. The summed E-state index contributed by atoms with van der Waals surface area (Å²) >= 11 is 0. The van der Waals surface area contributed by atoms with Crippen LogP contribution in [0.25, 0.3) is 10.9 Å². The van der Waals surface area contributed by atoms with E-state index in [1.165, 1.54) is 12.1 Å². The van der Waals surface area contributed by atoms with Crippen molar-refractivity contribution in [2.75, 3.05) is 24.3 Å². The van der Waals surface area contributed by atoms with Crippen molar-refractivity contribution in [2.45, 2.75) is 50.7 Å². The number of fused-ring (bicyclic) bond motifs is 1. The van der Waals surface area contributed by atoms with Gasteiger partial charge in [0.1, 0.15) is 0 Å². The second-order valence-corrected chi connectivity index (χ2v) is 9.06. The molecule has 2 aromatic heterocycles. The van der Waals surface area contributed by atoms with E-state index in [2.05, 4.69) is 5.32 Å². The van der Waals surface area contributed by atoms with Crippen molar-refractivity contribution in [3.8, 4) is 0 Å². The first-order valence-corrected chi connectivity index (χ1v) is 10.8. The number of amides is 1. The van der Waals surface area contributed by atoms with Crippen molar-refractivity contribution in [3.63, 3.8) is 0 Å². The van der Waals surface area contributed by atoms with Crippen LogP contribution in [0, 0.1) is 0 Å². The zero-order valence-corrected chi connectivity index (χ0v) is 18.8. The van der Waals surface area contributed by atoms with Crippen LogP contribution < -0.4 is 14.9 Å². The third-order valence-corrected chi connectivity index (χ3v) is 6.23. The first kappa shape index (κ1) is 22.9. The minimum absolute atomic E-state index is 0.184. The van der Waals surface area contributed by atoms with Crippen molar-refractivity contribution in [1.29, 1.82) is 0 Å². The van der Waals surface area contributed by atoms with Crippen LogP contribution in [0.2, 0.25) is 0 Å². The molecule has 10 heteroatoms. The summed E-state index contributed by atoms with van der Waals surface area (Å²) in [7, 11) is 3.64. The molecule has 3 aromatic rings. The molecule has 1 aliphatic rings. The fourth-order valence-corrected chi connectivity index (χ4v) is 4.27. The Bertz CT molecular complexity index is 1180. The van der Waals surface area contributed by atoms with Gasteiger partial charge in [-0.25, -0.2) is 0 Å². The predicted molar refractivity (Wildman–Crippen MR) is 119 cm³/mol. The normalized spacial score (nSPS) is 20.9. The molecule has 0 bridgehead atoms. The standard InChI is InChI=1S/C23H27F2N5O3/c1-23(32)9-7-15(8-10-23)29-13-14-11-17(20(28(2)3)12-16(14)27-29)26-22(31)19-6-4-5-18(21(24)25)30(19)33/h4-6,11-13,15,21,32H,7-10H2,1-3H3,(H-,26,31,33)/p+1. The van der Waals surface area contributed by atoms with Crippen molar-refractivity contribution >= 4 is 28.2 Å². The Morgan fingerprint density at radius 2 is 2.00 bits per heavy atom. The number of nitrogens with one attached hydrogen (secondary N) is 1. The largest absolute Gasteiger partial charge is 0.390 e. The number of carbonyl (C=O) groups excluding carboxylic acids is 1. The summed E-state index contributed by atoms with van der Waals surface area (Å²) in [5.41, 5.74) is 0.296. The summed E-state index contributed by atoms with van der Waals surface area (Å²) in [6, 6.07) is 7.43. The first-order chi connectivity index (χ1) is 15.6. The highest BCUT2D eigenvalue weighted by atomic mass is 19.3. The number of rotatable bonds is 5. The zero-order chi connectivity index (χ0) is 23.9. The lowest BCUT2D eigenvalue weighted by atomic mass is 9.84. The van der Waals surface area contributed by atoms with Gasteiger partial charge in [-0.3, -0.25) is 14.7 Å². The third-order valence-electron chi connectivity index (χ3n) is 6.23. The van der Waals surface area contributed by atoms with Gasteiger partial charge in [0, 0.05) is 42.5 Å². The quantitative estimate of drug-likeness (QED) is 0.399. The molecule has 0 saturated heterocycles. The Kier molecular flexibility index (Phi) is 5.96. The molecule has 1 saturated carbocycles. The number of alkyl halides is 2. The summed E-state index contributed by atoms with van der Waals surface area (Å²) < 4.78 is 28.3. The number of pyridine rings is 1. The molecule has 0 radical (unpaired) electrons. The van der Waals surface area contributed by atoms with Crippen LogP contribution >= 0.6 is 0 Å². The molecule has 3 N–H and O–H groups in total. The predicted octanol–water partition coefficient (Wildman–Crippen LogP) is 3.68. The van der Waals surface area contributed by atoms with E-state index in [-0.39, 0.29) is 16.5 Å². The molecule has 176 valence electrons. The van der Waals surface area contributed by atoms with Gasteiger partial charge in [-0.05, 0) is 50.8 Å². The number of carbonyl (C=O) groups is 1. The SMILES string of the molecule is CN(C)c1cc2nn(C3CCC(C)(O)CC3)cc2cc1NC(=O)c1cccc(C(F)F)[n+]1O. The maximum absolute atomic E-state index is 13.1. The average molecular weight is 461 g/mol. The van der Waals surface area contributed by atoms with Gasteiger partial charge in [-0.2, -0.15) is 13.9 Å². The number of hydrogen-bond donors (Lipinski definition) is 3. The van der Waals surface area contributed by atoms with E-state index in [0.717, 1.165) is 29.8 Å². The molecule has 4 rings (SSSR count). The van der Waals surface area contributed by atoms with Gasteiger partial charge in [-0.15, -0.1) is 0 Å². The molecule has 2 heterocycles. The smallest absolute Gasteiger partial charge is 0.325 e. The van der Waals surface area contributed by atoms with E-state index in [4.69, 9.17) is 5.10 Å². The van der Waals surface area contributed by atoms with Crippen LogP contribution in [0.1, 0.15) is 61.3 Å². The maximum atomic E-state index is 13.1. The summed E-state index contributed by atoms with van der Waals surface area (Å²) in [5, 5.41) is 28.6. The molecule has 1 aliphatic carbocycles. The van der Waals surface area contributed by atoms with Crippen LogP contribution in [0.15, 0.2) is 36.5 Å². The fourth-order valence-electron chi connectivity index (χ4n) is 4.27. The monoisotopic (exact) mass is 460 g/mol. The van der Waals surface area contributed by atoms with Gasteiger partial charge < -0.3 is 15.3 Å². The highest BCUT2D eigenvalue weighted by molar-refractivity contribution is 6.05. The summed E-state index contributed by atoms with van der Waals surface area (Å²) in [4.78, 5) is 14.6. The number of aromatic nitrogens is 3. The van der Waals surface area contributed by atoms with Crippen molar-refractivity contribution in [1.82, 2.24) is 9.78 Å². The molecule has 0 unspecified atom stereocenters. The topological polar surface area (TPSA) is 94.5 Å². The lowest BCUT2D eigenvalue weighted by Crippen LogP contribution is -2.43. The summed E-state index contributed by atoms with van der Waals surface area (Å²) in [6.45, 7) is 1.86. The minimum Gasteiger partial charge on any atom is -0.390 e. The van der Waals surface area contributed by atoms with Crippen LogP contribution in [0.3, 0.4) is 0 Å². The molecule has 0 spiro atoms. The van der Waals surface area contributed by atoms with Gasteiger partial charge in [0.2, 0.25) is 0 Å². The number of hydrogen-bond acceptors (Lipinski definition) is 5. The fraction of sp³-hybridized carbons (Fsp3) is 0.435. The van der Waals surface area contributed by atoms with Crippen LogP contribution in [-0.2, 0) is 0 Å². The zero-order valence-electron chi connectivity index (χ0n) is 18.8. The highest BCUT2D eigenvalue weighted by Gasteiger charge is 2.31. The lowest BCUT2D eigenvalue weighted by molar-refractivity contribution is -0.912. The molecule has 8 nitrogen and oxygen atoms in total. The van der Waals surface area contributed by atoms with Crippen molar-refractivity contribution in [2.24, 2.45) is 0 Å². The number of benzene rings is 1. The van der Waals surface area contributed by atoms with E-state index in [1.807, 2.05) is 42.9 Å². The Balaban J connectivity index is 1.65. The highest BCUT2D eigenvalue weighted by Crippen LogP contribution is 2.36. The van der Waals surface area contributed by atoms with Gasteiger partial charge in [0.05, 0.1) is 28.5 Å². The number of aliphatic hydroxyl groups is 1. The lowest BCUT2D eigenvalue weighted by Gasteiger charge is -2.33. The van der Waals surface area contributed by atoms with E-state index in [9.17, 15) is 23.9 Å². The average Bonchev–Trinajstić information content (AvgIpc) is 3.15. The second-order valence-electron chi connectivity index (χ2n) is 9.06. The van der Waals surface area contributed by atoms with Crippen LogP contribution in [0.4, 0.5) is 20.2 Å². The Morgan fingerprint density at radius 3 is 2.64 bits per heavy atom. The van der Waals surface area contributed by atoms with Crippen LogP contribution in [0.5, 0.6) is 0 Å². The van der Waals surface area contributed by atoms with E-state index in [1.54, 1.807) is 6.07 Å². The molecule has 1 aromatic carbocycles. The van der Waals surface area contributed by atoms with E-state index < -0.39 is 23.6 Å². The number of nitrogens with zero attached hydrogens (tertiary/aromatic N) is 4. The van der Waals surface area contributed by atoms with Gasteiger partial charge in [0.25, 0.3) is 0 Å². The minimum atomic E-state index is -2.93. The van der Waals surface area contributed by atoms with E-state index >= 15 is 0 Å². The van der Waals surface area contributed by atoms with Crippen molar-refractivity contribution in [3.05, 3.63) is 47.9 Å². The van der Waals surface area contributed by atoms with Gasteiger partial charge in [0.15, 0.2) is 0 Å². The molecule has 0 atom stereocenters. The number of anilines is 2. The summed E-state index contributed by atoms with van der Waals surface area (Å²) in [5.74, 6) is -0.718. The Hall–Kier alpha value is -3.27. The second kappa shape index (κ2) is 8.58. The Morgan fingerprint density at radius 1 is 1.30 bits per heavy atom.